The summed E-state index contributed by atoms with van der Waals surface area (Å²) in [6, 6.07) is 18.0. The van der Waals surface area contributed by atoms with Gasteiger partial charge in [-0.05, 0) is 38.8 Å². The molecule has 30 heavy (non-hydrogen) atoms. The molecule has 6 heteroatoms. The van der Waals surface area contributed by atoms with Crippen LogP contribution < -0.4 is 10.6 Å². The number of thiazole rings is 2. The van der Waals surface area contributed by atoms with E-state index in [1.807, 2.05) is 0 Å². The molecule has 2 heterocycles. The highest BCUT2D eigenvalue weighted by molar-refractivity contribution is 7.14. The Morgan fingerprint density at radius 3 is 1.23 bits per heavy atom. The first-order valence-corrected chi connectivity index (χ1v) is 11.9. The van der Waals surface area contributed by atoms with Crippen molar-refractivity contribution in [3.63, 3.8) is 0 Å². The van der Waals surface area contributed by atoms with E-state index in [9.17, 15) is 0 Å². The van der Waals surface area contributed by atoms with Crippen molar-refractivity contribution in [3.05, 3.63) is 59.3 Å². The molecule has 2 aromatic heterocycles. The van der Waals surface area contributed by atoms with Crippen LogP contribution in [-0.2, 0) is 0 Å². The van der Waals surface area contributed by atoms with Crippen LogP contribution in [-0.4, -0.2) is 22.1 Å². The molecule has 4 nitrogen and oxygen atoms in total. The number of hydrogen-bond acceptors (Lipinski definition) is 6. The summed E-state index contributed by atoms with van der Waals surface area (Å²) in [6.07, 6.45) is 0. The molecule has 0 atom stereocenters. The van der Waals surface area contributed by atoms with Gasteiger partial charge in [-0.15, -0.1) is 22.7 Å². The van der Waals surface area contributed by atoms with Crippen LogP contribution in [0.15, 0.2) is 59.3 Å². The predicted molar refractivity (Wildman–Crippen MR) is 132 cm³/mol. The standard InChI is InChI=1S/C24H26N4S2/c1-15(2)25-23-27-21(13-29-23)19-9-5-17(6-10-19)18-7-11-20(12-8-18)22-14-30-24(28-22)26-16(3)4/h5-16H,1-4H3,(H,25,27)(H,26,28). The molecule has 154 valence electrons. The second kappa shape index (κ2) is 8.98. The van der Waals surface area contributed by atoms with Gasteiger partial charge in [0, 0.05) is 34.0 Å². The summed E-state index contributed by atoms with van der Waals surface area (Å²) >= 11 is 3.29. The molecule has 0 aliphatic heterocycles. The fourth-order valence-corrected chi connectivity index (χ4v) is 4.84. The first kappa shape index (κ1) is 20.6. The summed E-state index contributed by atoms with van der Waals surface area (Å²) < 4.78 is 0. The lowest BCUT2D eigenvalue weighted by Gasteiger charge is -2.06. The first-order valence-electron chi connectivity index (χ1n) is 10.1. The third-order valence-electron chi connectivity index (χ3n) is 4.53. The molecule has 0 aliphatic rings. The Hall–Kier alpha value is -2.70. The van der Waals surface area contributed by atoms with Crippen molar-refractivity contribution in [2.75, 3.05) is 10.6 Å². The molecule has 0 unspecified atom stereocenters. The Kier molecular flexibility index (Phi) is 6.16. The van der Waals surface area contributed by atoms with Gasteiger partial charge in [0.25, 0.3) is 0 Å². The van der Waals surface area contributed by atoms with E-state index in [1.54, 1.807) is 22.7 Å². The van der Waals surface area contributed by atoms with Crippen LogP contribution >= 0.6 is 22.7 Å². The Morgan fingerprint density at radius 1 is 0.567 bits per heavy atom. The third kappa shape index (κ3) is 4.89. The van der Waals surface area contributed by atoms with E-state index in [-0.39, 0.29) is 0 Å². The van der Waals surface area contributed by atoms with Gasteiger partial charge in [-0.2, -0.15) is 0 Å². The molecule has 0 fully saturated rings. The zero-order valence-electron chi connectivity index (χ0n) is 17.6. The minimum Gasteiger partial charge on any atom is -0.359 e. The summed E-state index contributed by atoms with van der Waals surface area (Å²) in [5.41, 5.74) is 6.69. The third-order valence-corrected chi connectivity index (χ3v) is 6.07. The number of rotatable bonds is 7. The Balaban J connectivity index is 1.48. The molecule has 4 rings (SSSR count). The van der Waals surface area contributed by atoms with Crippen LogP contribution in [0.3, 0.4) is 0 Å². The van der Waals surface area contributed by atoms with Crippen LogP contribution in [0.25, 0.3) is 33.6 Å². The minimum absolute atomic E-state index is 0.386. The second-order valence-electron chi connectivity index (χ2n) is 7.83. The molecule has 0 bridgehead atoms. The van der Waals surface area contributed by atoms with Gasteiger partial charge in [0.2, 0.25) is 0 Å². The van der Waals surface area contributed by atoms with E-state index in [2.05, 4.69) is 108 Å². The monoisotopic (exact) mass is 434 g/mol. The zero-order valence-corrected chi connectivity index (χ0v) is 19.3. The van der Waals surface area contributed by atoms with Crippen LogP contribution in [0.5, 0.6) is 0 Å². The molecule has 0 saturated heterocycles. The van der Waals surface area contributed by atoms with Gasteiger partial charge in [-0.1, -0.05) is 48.5 Å². The summed E-state index contributed by atoms with van der Waals surface area (Å²) in [5, 5.41) is 12.9. The number of benzene rings is 2. The highest BCUT2D eigenvalue weighted by Crippen LogP contribution is 2.30. The molecule has 4 aromatic rings. The van der Waals surface area contributed by atoms with Crippen LogP contribution in [0.1, 0.15) is 27.7 Å². The maximum atomic E-state index is 4.68. The Morgan fingerprint density at radius 2 is 0.900 bits per heavy atom. The largest absolute Gasteiger partial charge is 0.359 e. The van der Waals surface area contributed by atoms with Gasteiger partial charge in [0.1, 0.15) is 0 Å². The number of anilines is 2. The highest BCUT2D eigenvalue weighted by atomic mass is 32.1. The summed E-state index contributed by atoms with van der Waals surface area (Å²) in [6.45, 7) is 8.49. The number of hydrogen-bond donors (Lipinski definition) is 2. The second-order valence-corrected chi connectivity index (χ2v) is 9.54. The van der Waals surface area contributed by atoms with E-state index in [0.29, 0.717) is 12.1 Å². The normalized spacial score (nSPS) is 11.3. The smallest absolute Gasteiger partial charge is 0.183 e. The summed E-state index contributed by atoms with van der Waals surface area (Å²) in [4.78, 5) is 9.37. The van der Waals surface area contributed by atoms with E-state index in [4.69, 9.17) is 0 Å². The van der Waals surface area contributed by atoms with Crippen LogP contribution in [0.4, 0.5) is 10.3 Å². The predicted octanol–water partition coefficient (Wildman–Crippen LogP) is 7.24. The van der Waals surface area contributed by atoms with Crippen molar-refractivity contribution in [2.24, 2.45) is 0 Å². The van der Waals surface area contributed by atoms with Gasteiger partial charge in [-0.25, -0.2) is 9.97 Å². The lowest BCUT2D eigenvalue weighted by Crippen LogP contribution is -2.08. The fourth-order valence-electron chi connectivity index (χ4n) is 3.11. The van der Waals surface area contributed by atoms with E-state index >= 15 is 0 Å². The average molecular weight is 435 g/mol. The fraction of sp³-hybridized carbons (Fsp3) is 0.250. The van der Waals surface area contributed by atoms with Crippen LogP contribution in [0, 0.1) is 0 Å². The summed E-state index contributed by atoms with van der Waals surface area (Å²) in [7, 11) is 0. The Labute approximate surface area is 186 Å². The number of nitrogens with one attached hydrogen (secondary N) is 2. The topological polar surface area (TPSA) is 49.8 Å². The van der Waals surface area contributed by atoms with Crippen molar-refractivity contribution in [3.8, 4) is 33.6 Å². The average Bonchev–Trinajstić information content (AvgIpc) is 3.37. The van der Waals surface area contributed by atoms with Crippen LogP contribution in [0.2, 0.25) is 0 Å². The molecular weight excluding hydrogens is 408 g/mol. The van der Waals surface area contributed by atoms with Gasteiger partial charge < -0.3 is 10.6 Å². The zero-order chi connectivity index (χ0) is 21.1. The maximum absolute atomic E-state index is 4.68. The van der Waals surface area contributed by atoms with Crippen molar-refractivity contribution in [1.82, 2.24) is 9.97 Å². The minimum atomic E-state index is 0.386. The van der Waals surface area contributed by atoms with Crippen molar-refractivity contribution >= 4 is 32.9 Å². The Bertz CT molecular complexity index is 1000. The van der Waals surface area contributed by atoms with Crippen molar-refractivity contribution in [1.29, 1.82) is 0 Å². The first-order chi connectivity index (χ1) is 14.5. The lowest BCUT2D eigenvalue weighted by molar-refractivity contribution is 0.896. The molecule has 0 spiro atoms. The number of aromatic nitrogens is 2. The molecule has 0 amide bonds. The van der Waals surface area contributed by atoms with Gasteiger partial charge in [0.05, 0.1) is 11.4 Å². The van der Waals surface area contributed by atoms with Crippen molar-refractivity contribution in [2.45, 2.75) is 39.8 Å². The van der Waals surface area contributed by atoms with E-state index in [0.717, 1.165) is 32.8 Å². The molecule has 0 saturated carbocycles. The van der Waals surface area contributed by atoms with Gasteiger partial charge in [0.15, 0.2) is 10.3 Å². The number of nitrogens with zero attached hydrogens (tertiary/aromatic N) is 2. The molecule has 2 aromatic carbocycles. The van der Waals surface area contributed by atoms with E-state index < -0.39 is 0 Å². The highest BCUT2D eigenvalue weighted by Gasteiger charge is 2.08. The van der Waals surface area contributed by atoms with Gasteiger partial charge in [-0.3, -0.25) is 0 Å². The SMILES string of the molecule is CC(C)Nc1nc(-c2ccc(-c3ccc(-c4csc(NC(C)C)n4)cc3)cc2)cs1. The molecule has 2 N–H and O–H groups in total. The molecule has 0 aliphatic carbocycles. The maximum Gasteiger partial charge on any atom is 0.183 e. The van der Waals surface area contributed by atoms with E-state index in [1.165, 1.54) is 11.1 Å². The molecular formula is C24H26N4S2. The lowest BCUT2D eigenvalue weighted by atomic mass is 10.0. The molecule has 0 radical (unpaired) electrons. The summed E-state index contributed by atoms with van der Waals surface area (Å²) in [5.74, 6) is 0. The van der Waals surface area contributed by atoms with Gasteiger partial charge >= 0.3 is 0 Å². The van der Waals surface area contributed by atoms with Crippen molar-refractivity contribution < 1.29 is 0 Å². The quantitative estimate of drug-likeness (QED) is 0.322.